The number of hydrogen-bond acceptors (Lipinski definition) is 4. The minimum atomic E-state index is -0.0335. The van der Waals surface area contributed by atoms with Gasteiger partial charge in [0.2, 0.25) is 11.0 Å². The topological polar surface area (TPSA) is 54.9 Å². The number of amides is 1. The minimum absolute atomic E-state index is 0.0335. The number of nitrogens with one attached hydrogen (secondary N) is 1. The number of halogens is 1. The van der Waals surface area contributed by atoms with Crippen molar-refractivity contribution in [3.8, 4) is 10.6 Å². The highest BCUT2D eigenvalue weighted by molar-refractivity contribution is 7.18. The van der Waals surface area contributed by atoms with Crippen LogP contribution in [0.4, 0.5) is 5.13 Å². The summed E-state index contributed by atoms with van der Waals surface area (Å²) in [6.07, 6.45) is 0.482. The molecule has 1 amide bonds. The van der Waals surface area contributed by atoms with Crippen molar-refractivity contribution in [1.29, 1.82) is 0 Å². The van der Waals surface area contributed by atoms with E-state index in [1.165, 1.54) is 11.3 Å². The van der Waals surface area contributed by atoms with Gasteiger partial charge in [-0.05, 0) is 18.1 Å². The third-order valence-corrected chi connectivity index (χ3v) is 3.50. The SMILES string of the molecule is CC(C)CC(=O)Nc1nnc(-c2ccc(Cl)cc2)s1. The second-order valence-electron chi connectivity index (χ2n) is 4.57. The Morgan fingerprint density at radius 2 is 2.00 bits per heavy atom. The van der Waals surface area contributed by atoms with Gasteiger partial charge in [-0.2, -0.15) is 0 Å². The number of anilines is 1. The van der Waals surface area contributed by atoms with Gasteiger partial charge in [-0.3, -0.25) is 4.79 Å². The van der Waals surface area contributed by atoms with Gasteiger partial charge >= 0.3 is 0 Å². The fourth-order valence-corrected chi connectivity index (χ4v) is 2.42. The molecule has 0 radical (unpaired) electrons. The zero-order chi connectivity index (χ0) is 13.8. The van der Waals surface area contributed by atoms with Gasteiger partial charge in [0.15, 0.2) is 0 Å². The van der Waals surface area contributed by atoms with E-state index in [0.717, 1.165) is 10.6 Å². The lowest BCUT2D eigenvalue weighted by molar-refractivity contribution is -0.116. The van der Waals surface area contributed by atoms with Gasteiger partial charge in [0, 0.05) is 17.0 Å². The predicted octanol–water partition coefficient (Wildman–Crippen LogP) is 3.84. The molecule has 1 aromatic heterocycles. The second kappa shape index (κ2) is 6.12. The molecule has 1 heterocycles. The monoisotopic (exact) mass is 295 g/mol. The summed E-state index contributed by atoms with van der Waals surface area (Å²) in [6, 6.07) is 7.36. The summed E-state index contributed by atoms with van der Waals surface area (Å²) < 4.78 is 0. The van der Waals surface area contributed by atoms with E-state index in [1.54, 1.807) is 12.1 Å². The number of aromatic nitrogens is 2. The molecule has 0 bridgehead atoms. The highest BCUT2D eigenvalue weighted by Gasteiger charge is 2.10. The summed E-state index contributed by atoms with van der Waals surface area (Å²) in [7, 11) is 0. The first-order valence-electron chi connectivity index (χ1n) is 5.94. The van der Waals surface area contributed by atoms with E-state index in [2.05, 4.69) is 15.5 Å². The molecule has 4 nitrogen and oxygen atoms in total. The first-order valence-corrected chi connectivity index (χ1v) is 7.13. The Labute approximate surface area is 120 Å². The molecule has 0 fully saturated rings. The molecule has 0 aliphatic heterocycles. The first-order chi connectivity index (χ1) is 9.04. The number of nitrogens with zero attached hydrogens (tertiary/aromatic N) is 2. The molecule has 2 rings (SSSR count). The largest absolute Gasteiger partial charge is 0.301 e. The lowest BCUT2D eigenvalue weighted by atomic mass is 10.1. The van der Waals surface area contributed by atoms with E-state index < -0.39 is 0 Å². The Hall–Kier alpha value is -1.46. The third kappa shape index (κ3) is 4.01. The van der Waals surface area contributed by atoms with E-state index in [4.69, 9.17) is 11.6 Å². The van der Waals surface area contributed by atoms with E-state index >= 15 is 0 Å². The van der Waals surface area contributed by atoms with Crippen molar-refractivity contribution in [3.63, 3.8) is 0 Å². The van der Waals surface area contributed by atoms with Crippen molar-refractivity contribution in [2.24, 2.45) is 5.92 Å². The Balaban J connectivity index is 2.07. The molecule has 0 aliphatic carbocycles. The summed E-state index contributed by atoms with van der Waals surface area (Å²) in [6.45, 7) is 4.00. The van der Waals surface area contributed by atoms with Crippen LogP contribution < -0.4 is 5.32 Å². The standard InChI is InChI=1S/C13H14ClN3OS/c1-8(2)7-11(18)15-13-17-16-12(19-13)9-3-5-10(14)6-4-9/h3-6,8H,7H2,1-2H3,(H,15,17,18). The summed E-state index contributed by atoms with van der Waals surface area (Å²) in [5.74, 6) is 0.289. The molecule has 6 heteroatoms. The zero-order valence-electron chi connectivity index (χ0n) is 10.7. The number of carbonyl (C=O) groups excluding carboxylic acids is 1. The molecule has 1 N–H and O–H groups in total. The second-order valence-corrected chi connectivity index (χ2v) is 5.98. The first kappa shape index (κ1) is 14.0. The Morgan fingerprint density at radius 1 is 1.32 bits per heavy atom. The van der Waals surface area contributed by atoms with E-state index in [1.807, 2.05) is 26.0 Å². The van der Waals surface area contributed by atoms with Crippen LogP contribution in [0.3, 0.4) is 0 Å². The van der Waals surface area contributed by atoms with Crippen molar-refractivity contribution in [3.05, 3.63) is 29.3 Å². The van der Waals surface area contributed by atoms with Gasteiger partial charge in [-0.15, -0.1) is 10.2 Å². The smallest absolute Gasteiger partial charge is 0.226 e. The molecule has 0 aliphatic rings. The number of hydrogen-bond donors (Lipinski definition) is 1. The normalized spacial score (nSPS) is 10.7. The fourth-order valence-electron chi connectivity index (χ4n) is 1.52. The van der Waals surface area contributed by atoms with Crippen LogP contribution in [-0.2, 0) is 4.79 Å². The van der Waals surface area contributed by atoms with Crippen LogP contribution in [-0.4, -0.2) is 16.1 Å². The maximum atomic E-state index is 11.6. The Morgan fingerprint density at radius 3 is 2.63 bits per heavy atom. The molecular weight excluding hydrogens is 282 g/mol. The van der Waals surface area contributed by atoms with Crippen molar-refractivity contribution < 1.29 is 4.79 Å². The van der Waals surface area contributed by atoms with E-state index in [0.29, 0.717) is 22.5 Å². The minimum Gasteiger partial charge on any atom is -0.301 e. The van der Waals surface area contributed by atoms with Gasteiger partial charge < -0.3 is 5.32 Å². The molecule has 1 aromatic carbocycles. The Kier molecular flexibility index (Phi) is 4.50. The molecule has 0 saturated heterocycles. The highest BCUT2D eigenvalue weighted by Crippen LogP contribution is 2.27. The number of benzene rings is 1. The maximum absolute atomic E-state index is 11.6. The molecule has 0 unspecified atom stereocenters. The van der Waals surface area contributed by atoms with Crippen LogP contribution >= 0.6 is 22.9 Å². The summed E-state index contributed by atoms with van der Waals surface area (Å²) >= 11 is 7.18. The molecule has 100 valence electrons. The van der Waals surface area contributed by atoms with Crippen LogP contribution in [0.15, 0.2) is 24.3 Å². The van der Waals surface area contributed by atoms with Crippen molar-refractivity contribution in [2.45, 2.75) is 20.3 Å². The maximum Gasteiger partial charge on any atom is 0.226 e. The third-order valence-electron chi connectivity index (χ3n) is 2.36. The summed E-state index contributed by atoms with van der Waals surface area (Å²) in [5.41, 5.74) is 0.936. The van der Waals surface area contributed by atoms with Gasteiger partial charge in [0.05, 0.1) is 0 Å². The lowest BCUT2D eigenvalue weighted by Gasteiger charge is -2.02. The number of rotatable bonds is 4. The van der Waals surface area contributed by atoms with Crippen LogP contribution in [0.2, 0.25) is 5.02 Å². The van der Waals surface area contributed by atoms with Crippen LogP contribution in [0.1, 0.15) is 20.3 Å². The Bertz CT molecular complexity index is 566. The van der Waals surface area contributed by atoms with Crippen LogP contribution in [0.25, 0.3) is 10.6 Å². The van der Waals surface area contributed by atoms with Crippen LogP contribution in [0.5, 0.6) is 0 Å². The molecular formula is C13H14ClN3OS. The summed E-state index contributed by atoms with van der Waals surface area (Å²) in [4.78, 5) is 11.6. The van der Waals surface area contributed by atoms with Gasteiger partial charge in [-0.1, -0.05) is 48.9 Å². The average Bonchev–Trinajstić information content (AvgIpc) is 2.77. The predicted molar refractivity (Wildman–Crippen MR) is 78.4 cm³/mol. The van der Waals surface area contributed by atoms with Gasteiger partial charge in [0.1, 0.15) is 5.01 Å². The number of carbonyl (C=O) groups is 1. The quantitative estimate of drug-likeness (QED) is 0.932. The molecule has 2 aromatic rings. The molecule has 0 spiro atoms. The van der Waals surface area contributed by atoms with Crippen molar-refractivity contribution in [1.82, 2.24) is 10.2 Å². The lowest BCUT2D eigenvalue weighted by Crippen LogP contribution is -2.13. The molecule has 0 atom stereocenters. The highest BCUT2D eigenvalue weighted by atomic mass is 35.5. The molecule has 19 heavy (non-hydrogen) atoms. The fraction of sp³-hybridized carbons (Fsp3) is 0.308. The van der Waals surface area contributed by atoms with Gasteiger partial charge in [0.25, 0.3) is 0 Å². The molecule has 0 saturated carbocycles. The summed E-state index contributed by atoms with van der Waals surface area (Å²) in [5, 5.41) is 12.7. The van der Waals surface area contributed by atoms with E-state index in [9.17, 15) is 4.79 Å². The average molecular weight is 296 g/mol. The zero-order valence-corrected chi connectivity index (χ0v) is 12.3. The van der Waals surface area contributed by atoms with Crippen LogP contribution in [0, 0.1) is 5.92 Å². The van der Waals surface area contributed by atoms with Crippen molar-refractivity contribution in [2.75, 3.05) is 5.32 Å². The van der Waals surface area contributed by atoms with E-state index in [-0.39, 0.29) is 5.91 Å². The van der Waals surface area contributed by atoms with Crippen molar-refractivity contribution >= 4 is 34.0 Å². The van der Waals surface area contributed by atoms with Gasteiger partial charge in [-0.25, -0.2) is 0 Å².